The number of aryl methyl sites for hydroxylation is 1. The van der Waals surface area contributed by atoms with Gasteiger partial charge in [0, 0.05) is 19.8 Å². The van der Waals surface area contributed by atoms with Gasteiger partial charge in [0.1, 0.15) is 5.75 Å². The summed E-state index contributed by atoms with van der Waals surface area (Å²) in [6.07, 6.45) is -0.496. The number of nitrogens with two attached hydrogens (primary N) is 1. The normalized spacial score (nSPS) is 18.5. The second-order valence-electron chi connectivity index (χ2n) is 2.58. The van der Waals surface area contributed by atoms with Crippen molar-refractivity contribution in [3.63, 3.8) is 0 Å². The average Bonchev–Trinajstić information content (AvgIpc) is 2.60. The Bertz CT molecular complexity index is 661. The summed E-state index contributed by atoms with van der Waals surface area (Å²) in [7, 11) is 0. The Morgan fingerprint density at radius 1 is 1.62 bits per heavy atom. The van der Waals surface area contributed by atoms with Crippen LogP contribution in [0.2, 0.25) is 0 Å². The number of aromatic nitrogens is 1. The predicted octanol–water partition coefficient (Wildman–Crippen LogP) is 1.37. The number of benzene rings is 1. The molecule has 4 N–H and O–H groups in total. The van der Waals surface area contributed by atoms with Crippen LogP contribution in [0.5, 0.6) is 5.75 Å². The van der Waals surface area contributed by atoms with E-state index in [1.807, 2.05) is 0 Å². The van der Waals surface area contributed by atoms with Crippen molar-refractivity contribution in [3.8, 4) is 5.75 Å². The van der Waals surface area contributed by atoms with Crippen molar-refractivity contribution in [1.82, 2.24) is 4.98 Å². The summed E-state index contributed by atoms with van der Waals surface area (Å²) in [5.74, 6) is -0.657. The molecule has 1 heterocycles. The first kappa shape index (κ1) is 3.72. The maximum absolute atomic E-state index is 9.62. The third-order valence-corrected chi connectivity index (χ3v) is 1.72. The van der Waals surface area contributed by atoms with Crippen molar-refractivity contribution < 1.29 is 13.3 Å². The number of aromatic hydroxyl groups is 1. The molecule has 0 unspecified atom stereocenters. The molecule has 1 aromatic heterocycles. The first-order valence-corrected chi connectivity index (χ1v) is 3.72. The maximum Gasteiger partial charge on any atom is 0.116 e. The molecule has 3 nitrogen and oxygen atoms in total. The average molecular weight is 182 g/mol. The smallest absolute Gasteiger partial charge is 0.116 e. The van der Waals surface area contributed by atoms with Gasteiger partial charge in [-0.2, -0.15) is 0 Å². The highest BCUT2D eigenvalue weighted by Crippen LogP contribution is 2.22. The highest BCUT2D eigenvalue weighted by atomic mass is 16.3. The number of phenolic OH excluding ortho intramolecular Hbond substituents is 1. The first-order chi connectivity index (χ1) is 8.63. The van der Waals surface area contributed by atoms with Gasteiger partial charge in [-0.05, 0) is 36.6 Å². The molecule has 0 aliphatic rings. The van der Waals surface area contributed by atoms with Crippen LogP contribution in [0, 0.1) is 0 Å². The summed E-state index contributed by atoms with van der Waals surface area (Å²) in [6, 6.07) is -1.23. The lowest BCUT2D eigenvalue weighted by Crippen LogP contribution is -2.01. The standard InChI is InChI=1S/C10H12N2O/c11-4-3-7-6-12-10-2-1-8(13)5-9(7)10/h1-2,5-6,12-13H,3-4,11H2/i1D,2D,4D2,5D,6D. The van der Waals surface area contributed by atoms with Gasteiger partial charge < -0.3 is 15.8 Å². The minimum Gasteiger partial charge on any atom is -0.508 e. The molecule has 0 aliphatic heterocycles. The van der Waals surface area contributed by atoms with Crippen LogP contribution >= 0.6 is 0 Å². The number of H-pyrrole nitrogens is 1. The van der Waals surface area contributed by atoms with Crippen LogP contribution in [0.25, 0.3) is 10.9 Å². The highest BCUT2D eigenvalue weighted by molar-refractivity contribution is 5.84. The van der Waals surface area contributed by atoms with E-state index >= 15 is 0 Å². The zero-order valence-corrected chi connectivity index (χ0v) is 6.73. The van der Waals surface area contributed by atoms with Crippen LogP contribution in [-0.2, 0) is 6.42 Å². The van der Waals surface area contributed by atoms with Crippen molar-refractivity contribution in [3.05, 3.63) is 29.9 Å². The Balaban J connectivity index is 2.83. The number of aromatic amines is 1. The Kier molecular flexibility index (Phi) is 0.888. The fourth-order valence-corrected chi connectivity index (χ4v) is 1.15. The number of nitrogens with one attached hydrogen (secondary N) is 1. The monoisotopic (exact) mass is 182 g/mol. The second kappa shape index (κ2) is 3.11. The number of phenols is 1. The number of hydrogen-bond donors (Lipinski definition) is 3. The van der Waals surface area contributed by atoms with Crippen LogP contribution in [0.1, 0.15) is 13.8 Å². The fraction of sp³-hybridized carbons (Fsp3) is 0.200. The van der Waals surface area contributed by atoms with Gasteiger partial charge in [-0.25, -0.2) is 0 Å². The Hall–Kier alpha value is -1.48. The highest BCUT2D eigenvalue weighted by Gasteiger charge is 2.02. The first-order valence-electron chi connectivity index (χ1n) is 6.72. The van der Waals surface area contributed by atoms with E-state index in [-0.39, 0.29) is 35.1 Å². The van der Waals surface area contributed by atoms with Crippen LogP contribution in [0.4, 0.5) is 0 Å². The van der Waals surface area contributed by atoms with Gasteiger partial charge in [0.05, 0.1) is 5.48 Å². The predicted molar refractivity (Wildman–Crippen MR) is 52.7 cm³/mol. The Labute approximate surface area is 84.6 Å². The molecule has 2 rings (SSSR count). The summed E-state index contributed by atoms with van der Waals surface area (Å²) in [5.41, 5.74) is 5.46. The van der Waals surface area contributed by atoms with E-state index in [9.17, 15) is 5.11 Å². The van der Waals surface area contributed by atoms with Gasteiger partial charge in [-0.1, -0.05) is 0 Å². The summed E-state index contributed by atoms with van der Waals surface area (Å²) < 4.78 is 45.4. The third kappa shape index (κ3) is 1.38. The summed E-state index contributed by atoms with van der Waals surface area (Å²) in [6.45, 7) is -2.07. The Morgan fingerprint density at radius 3 is 3.23 bits per heavy atom. The lowest BCUT2D eigenvalue weighted by molar-refractivity contribution is 0.476. The van der Waals surface area contributed by atoms with Gasteiger partial charge in [0.2, 0.25) is 0 Å². The van der Waals surface area contributed by atoms with Crippen molar-refractivity contribution >= 4 is 10.9 Å². The minimum absolute atomic E-state index is 0.0667. The zero-order chi connectivity index (χ0) is 14.5. The van der Waals surface area contributed by atoms with Crippen molar-refractivity contribution in [2.45, 2.75) is 6.42 Å². The van der Waals surface area contributed by atoms with Gasteiger partial charge in [0.15, 0.2) is 0 Å². The van der Waals surface area contributed by atoms with Crippen LogP contribution in [0.3, 0.4) is 0 Å². The SMILES string of the molecule is [2H]c1[nH]c2c([2H])c([2H])c(O)c([2H])c2c1CC([2H])([2H])N. The molecule has 1 aromatic carbocycles. The van der Waals surface area contributed by atoms with Gasteiger partial charge in [-0.15, -0.1) is 0 Å². The quantitative estimate of drug-likeness (QED) is 0.657. The summed E-state index contributed by atoms with van der Waals surface area (Å²) in [4.78, 5) is 2.53. The lowest BCUT2D eigenvalue weighted by Gasteiger charge is -1.96. The topological polar surface area (TPSA) is 62.0 Å². The van der Waals surface area contributed by atoms with E-state index in [1.54, 1.807) is 0 Å². The van der Waals surface area contributed by atoms with Gasteiger partial charge >= 0.3 is 0 Å². The molecule has 13 heavy (non-hydrogen) atoms. The molecule has 0 bridgehead atoms. The molecule has 3 heteroatoms. The minimum atomic E-state index is -2.07. The summed E-state index contributed by atoms with van der Waals surface area (Å²) in [5, 5.41) is 9.69. The van der Waals surface area contributed by atoms with E-state index in [0.717, 1.165) is 0 Å². The molecule has 0 amide bonds. The number of fused-ring (bicyclic) bond motifs is 1. The van der Waals surface area contributed by atoms with E-state index in [0.29, 0.717) is 0 Å². The summed E-state index contributed by atoms with van der Waals surface area (Å²) >= 11 is 0. The Morgan fingerprint density at radius 2 is 2.46 bits per heavy atom. The molecular formula is C10H12N2O. The molecule has 68 valence electrons. The molecule has 0 fully saturated rings. The van der Waals surface area contributed by atoms with E-state index in [2.05, 4.69) is 4.98 Å². The molecule has 0 radical (unpaired) electrons. The number of hydrogen-bond acceptors (Lipinski definition) is 2. The van der Waals surface area contributed by atoms with Crippen molar-refractivity contribution in [1.29, 1.82) is 0 Å². The van der Waals surface area contributed by atoms with Gasteiger partial charge in [0.25, 0.3) is 0 Å². The van der Waals surface area contributed by atoms with Crippen LogP contribution < -0.4 is 5.73 Å². The largest absolute Gasteiger partial charge is 0.508 e. The maximum atomic E-state index is 9.62. The third-order valence-electron chi connectivity index (χ3n) is 1.72. The fourth-order valence-electron chi connectivity index (χ4n) is 1.15. The second-order valence-corrected chi connectivity index (χ2v) is 2.58. The zero-order valence-electron chi connectivity index (χ0n) is 12.7. The van der Waals surface area contributed by atoms with Crippen molar-refractivity contribution in [2.75, 3.05) is 6.50 Å². The molecule has 0 saturated carbocycles. The van der Waals surface area contributed by atoms with E-state index in [1.165, 1.54) is 0 Å². The van der Waals surface area contributed by atoms with E-state index in [4.69, 9.17) is 14.0 Å². The van der Waals surface area contributed by atoms with Gasteiger partial charge in [-0.3, -0.25) is 0 Å². The molecule has 0 atom stereocenters. The van der Waals surface area contributed by atoms with E-state index < -0.39 is 24.3 Å². The van der Waals surface area contributed by atoms with Crippen LogP contribution in [-0.4, -0.2) is 16.6 Å². The lowest BCUT2D eigenvalue weighted by atomic mass is 10.1. The molecule has 2 aromatic rings. The molecular weight excluding hydrogens is 164 g/mol. The van der Waals surface area contributed by atoms with Crippen LogP contribution in [0.15, 0.2) is 24.3 Å². The molecule has 0 spiro atoms. The van der Waals surface area contributed by atoms with Crippen molar-refractivity contribution in [2.24, 2.45) is 5.73 Å². The molecule has 0 saturated heterocycles. The number of rotatable bonds is 2. The molecule has 0 aliphatic carbocycles.